The van der Waals surface area contributed by atoms with Crippen LogP contribution >= 0.6 is 0 Å². The van der Waals surface area contributed by atoms with Gasteiger partial charge in [-0.05, 0) is 36.6 Å². The van der Waals surface area contributed by atoms with Crippen LogP contribution in [0.4, 0.5) is 0 Å². The van der Waals surface area contributed by atoms with Crippen LogP contribution in [0.25, 0.3) is 0 Å². The van der Waals surface area contributed by atoms with Crippen molar-refractivity contribution in [1.29, 1.82) is 0 Å². The molecule has 2 aromatic rings. The van der Waals surface area contributed by atoms with Crippen LogP contribution in [0.3, 0.4) is 0 Å². The molecule has 0 aromatic heterocycles. The number of hydrogen-bond acceptors (Lipinski definition) is 4. The lowest BCUT2D eigenvalue weighted by molar-refractivity contribution is 0.434. The smallest absolute Gasteiger partial charge is 0.298 e. The first-order chi connectivity index (χ1) is 11.9. The van der Waals surface area contributed by atoms with Gasteiger partial charge < -0.3 is 9.84 Å². The van der Waals surface area contributed by atoms with E-state index in [1.165, 1.54) is 31.4 Å². The predicted octanol–water partition coefficient (Wildman–Crippen LogP) is 4.94. The standard InChI is InChI=1S/C19H24O5S/c1-2-3-4-5-6-9-15-10-7-8-11-18(15)24-16-12-13-17(20)19(14-16)25(21,22)23/h7-8,10-14,20H,2-6,9H2,1H3,(H,21,22,23). The van der Waals surface area contributed by atoms with Crippen LogP contribution < -0.4 is 4.74 Å². The molecule has 0 saturated heterocycles. The zero-order chi connectivity index (χ0) is 18.3. The summed E-state index contributed by atoms with van der Waals surface area (Å²) in [5, 5.41) is 9.58. The minimum atomic E-state index is -4.51. The molecule has 0 aliphatic carbocycles. The number of benzene rings is 2. The van der Waals surface area contributed by atoms with Crippen molar-refractivity contribution in [2.75, 3.05) is 0 Å². The fraction of sp³-hybridized carbons (Fsp3) is 0.368. The summed E-state index contributed by atoms with van der Waals surface area (Å²) in [4.78, 5) is -0.568. The van der Waals surface area contributed by atoms with Gasteiger partial charge in [0.25, 0.3) is 10.1 Å². The van der Waals surface area contributed by atoms with Gasteiger partial charge in [-0.3, -0.25) is 4.55 Å². The molecule has 0 unspecified atom stereocenters. The normalized spacial score (nSPS) is 11.4. The van der Waals surface area contributed by atoms with Crippen molar-refractivity contribution < 1.29 is 22.8 Å². The van der Waals surface area contributed by atoms with E-state index in [0.29, 0.717) is 5.75 Å². The van der Waals surface area contributed by atoms with Gasteiger partial charge >= 0.3 is 0 Å². The van der Waals surface area contributed by atoms with Gasteiger partial charge in [0.05, 0.1) is 0 Å². The van der Waals surface area contributed by atoms with E-state index in [2.05, 4.69) is 6.92 Å². The second-order valence-corrected chi connectivity index (χ2v) is 7.37. The highest BCUT2D eigenvalue weighted by atomic mass is 32.2. The number of ether oxygens (including phenoxy) is 1. The zero-order valence-corrected chi connectivity index (χ0v) is 15.1. The van der Waals surface area contributed by atoms with E-state index >= 15 is 0 Å². The van der Waals surface area contributed by atoms with Gasteiger partial charge in [-0.1, -0.05) is 50.8 Å². The van der Waals surface area contributed by atoms with Gasteiger partial charge in [0.15, 0.2) is 0 Å². The third kappa shape index (κ3) is 5.76. The second-order valence-electron chi connectivity index (χ2n) is 5.98. The number of hydrogen-bond donors (Lipinski definition) is 2. The van der Waals surface area contributed by atoms with Crippen LogP contribution in [0.1, 0.15) is 44.6 Å². The summed E-state index contributed by atoms with van der Waals surface area (Å²) in [7, 11) is -4.51. The van der Waals surface area contributed by atoms with Crippen molar-refractivity contribution in [2.45, 2.75) is 50.3 Å². The topological polar surface area (TPSA) is 83.8 Å². The van der Waals surface area contributed by atoms with E-state index in [1.54, 1.807) is 0 Å². The molecular formula is C19H24O5S. The zero-order valence-electron chi connectivity index (χ0n) is 14.3. The Balaban J connectivity index is 2.13. The molecular weight excluding hydrogens is 340 g/mol. The van der Waals surface area contributed by atoms with Crippen LogP contribution in [0.15, 0.2) is 47.4 Å². The number of unbranched alkanes of at least 4 members (excludes halogenated alkanes) is 4. The molecule has 0 bridgehead atoms. The summed E-state index contributed by atoms with van der Waals surface area (Å²) in [5.74, 6) is 0.368. The van der Waals surface area contributed by atoms with Crippen molar-refractivity contribution in [3.05, 3.63) is 48.0 Å². The Bertz CT molecular complexity index is 799. The van der Waals surface area contributed by atoms with Crippen LogP contribution in [0.5, 0.6) is 17.2 Å². The Morgan fingerprint density at radius 3 is 2.44 bits per heavy atom. The van der Waals surface area contributed by atoms with Gasteiger partial charge in [-0.2, -0.15) is 8.42 Å². The molecule has 2 rings (SSSR count). The van der Waals surface area contributed by atoms with Gasteiger partial charge in [0.2, 0.25) is 0 Å². The molecule has 25 heavy (non-hydrogen) atoms. The molecule has 6 heteroatoms. The number of phenolic OH excluding ortho intramolecular Hbond substituents is 1. The van der Waals surface area contributed by atoms with Crippen molar-refractivity contribution >= 4 is 10.1 Å². The van der Waals surface area contributed by atoms with Crippen molar-refractivity contribution in [2.24, 2.45) is 0 Å². The number of phenols is 1. The molecule has 0 aliphatic rings. The SMILES string of the molecule is CCCCCCCc1ccccc1Oc1ccc(O)c(S(=O)(=O)O)c1. The van der Waals surface area contributed by atoms with Crippen LogP contribution in [0, 0.1) is 0 Å². The van der Waals surface area contributed by atoms with Crippen LogP contribution in [-0.2, 0) is 16.5 Å². The van der Waals surface area contributed by atoms with E-state index in [1.807, 2.05) is 24.3 Å². The van der Waals surface area contributed by atoms with Crippen molar-refractivity contribution in [3.63, 3.8) is 0 Å². The van der Waals surface area contributed by atoms with Gasteiger partial charge in [0, 0.05) is 6.07 Å². The molecule has 0 heterocycles. The first-order valence-corrected chi connectivity index (χ1v) is 9.92. The number of aromatic hydroxyl groups is 1. The lowest BCUT2D eigenvalue weighted by Crippen LogP contribution is -1.99. The molecule has 2 N–H and O–H groups in total. The largest absolute Gasteiger partial charge is 0.506 e. The highest BCUT2D eigenvalue weighted by molar-refractivity contribution is 7.86. The third-order valence-corrected chi connectivity index (χ3v) is 4.84. The maximum atomic E-state index is 11.3. The Morgan fingerprint density at radius 2 is 1.72 bits per heavy atom. The van der Waals surface area contributed by atoms with Gasteiger partial charge in [0.1, 0.15) is 22.1 Å². The maximum absolute atomic E-state index is 11.3. The third-order valence-electron chi connectivity index (χ3n) is 3.96. The highest BCUT2D eigenvalue weighted by Gasteiger charge is 2.17. The first-order valence-electron chi connectivity index (χ1n) is 8.48. The molecule has 0 radical (unpaired) electrons. The molecule has 0 amide bonds. The minimum Gasteiger partial charge on any atom is -0.506 e. The number of rotatable bonds is 9. The average molecular weight is 364 g/mol. The minimum absolute atomic E-state index is 0.240. The van der Waals surface area contributed by atoms with Gasteiger partial charge in [-0.15, -0.1) is 0 Å². The molecule has 0 atom stereocenters. The van der Waals surface area contributed by atoms with E-state index < -0.39 is 20.8 Å². The Morgan fingerprint density at radius 1 is 1.00 bits per heavy atom. The van der Waals surface area contributed by atoms with E-state index in [4.69, 9.17) is 9.29 Å². The highest BCUT2D eigenvalue weighted by Crippen LogP contribution is 2.31. The van der Waals surface area contributed by atoms with E-state index in [-0.39, 0.29) is 5.75 Å². The molecule has 0 aliphatic heterocycles. The molecule has 5 nitrogen and oxygen atoms in total. The fourth-order valence-corrected chi connectivity index (χ4v) is 3.22. The van der Waals surface area contributed by atoms with E-state index in [9.17, 15) is 13.5 Å². The lowest BCUT2D eigenvalue weighted by Gasteiger charge is -2.12. The quantitative estimate of drug-likeness (QED) is 0.486. The monoisotopic (exact) mass is 364 g/mol. The van der Waals surface area contributed by atoms with Crippen LogP contribution in [0.2, 0.25) is 0 Å². The molecule has 0 saturated carbocycles. The maximum Gasteiger partial charge on any atom is 0.298 e. The number of para-hydroxylation sites is 1. The van der Waals surface area contributed by atoms with Gasteiger partial charge in [-0.25, -0.2) is 0 Å². The number of aryl methyl sites for hydroxylation is 1. The van der Waals surface area contributed by atoms with Crippen LogP contribution in [-0.4, -0.2) is 18.1 Å². The summed E-state index contributed by atoms with van der Waals surface area (Å²) in [6.45, 7) is 2.18. The summed E-state index contributed by atoms with van der Waals surface area (Å²) < 4.78 is 37.5. The van der Waals surface area contributed by atoms with Crippen molar-refractivity contribution in [3.8, 4) is 17.2 Å². The Hall–Kier alpha value is -2.05. The second kappa shape index (κ2) is 8.87. The van der Waals surface area contributed by atoms with E-state index in [0.717, 1.165) is 30.9 Å². The summed E-state index contributed by atoms with van der Waals surface area (Å²) >= 11 is 0. The lowest BCUT2D eigenvalue weighted by atomic mass is 10.0. The summed E-state index contributed by atoms with van der Waals surface area (Å²) in [5.41, 5.74) is 1.04. The van der Waals surface area contributed by atoms with Crippen molar-refractivity contribution in [1.82, 2.24) is 0 Å². The summed E-state index contributed by atoms with van der Waals surface area (Å²) in [6, 6.07) is 11.4. The summed E-state index contributed by atoms with van der Waals surface area (Å²) in [6.07, 6.45) is 6.76. The first kappa shape index (κ1) is 19.3. The molecule has 0 spiro atoms. The molecule has 0 fully saturated rings. The fourth-order valence-electron chi connectivity index (χ4n) is 2.62. The molecule has 136 valence electrons. The average Bonchev–Trinajstić information content (AvgIpc) is 2.57. The Kier molecular flexibility index (Phi) is 6.84. The molecule has 2 aromatic carbocycles. The Labute approximate surface area is 149 Å². The predicted molar refractivity (Wildman–Crippen MR) is 96.9 cm³/mol.